The van der Waals surface area contributed by atoms with E-state index < -0.39 is 0 Å². The Labute approximate surface area is 85.0 Å². The van der Waals surface area contributed by atoms with E-state index in [1.54, 1.807) is 7.11 Å². The standard InChI is InChI=1S/C11H17NO2/c1-3-14-12-8-10-5-4-6-11(7-10)9-13-2/h4-7,12H,3,8-9H2,1-2H3. The third-order valence-corrected chi connectivity index (χ3v) is 1.83. The van der Waals surface area contributed by atoms with Crippen LogP contribution in [0.2, 0.25) is 0 Å². The fraction of sp³-hybridized carbons (Fsp3) is 0.455. The van der Waals surface area contributed by atoms with Gasteiger partial charge in [-0.1, -0.05) is 24.3 Å². The summed E-state index contributed by atoms with van der Waals surface area (Å²) in [6.45, 7) is 4.01. The molecule has 0 aliphatic carbocycles. The van der Waals surface area contributed by atoms with Gasteiger partial charge < -0.3 is 9.57 Å². The molecule has 1 aromatic carbocycles. The highest BCUT2D eigenvalue weighted by atomic mass is 16.6. The number of hydrogen-bond acceptors (Lipinski definition) is 3. The van der Waals surface area contributed by atoms with Crippen LogP contribution in [-0.2, 0) is 22.7 Å². The van der Waals surface area contributed by atoms with Gasteiger partial charge in [0.2, 0.25) is 0 Å². The van der Waals surface area contributed by atoms with Gasteiger partial charge in [0, 0.05) is 13.7 Å². The molecule has 0 unspecified atom stereocenters. The van der Waals surface area contributed by atoms with Gasteiger partial charge in [-0.05, 0) is 18.1 Å². The lowest BCUT2D eigenvalue weighted by Gasteiger charge is -2.05. The summed E-state index contributed by atoms with van der Waals surface area (Å²) in [5.41, 5.74) is 5.27. The normalized spacial score (nSPS) is 10.4. The summed E-state index contributed by atoms with van der Waals surface area (Å²) in [5.74, 6) is 0. The van der Waals surface area contributed by atoms with E-state index in [1.807, 2.05) is 19.1 Å². The van der Waals surface area contributed by atoms with Crippen LogP contribution >= 0.6 is 0 Å². The molecular formula is C11H17NO2. The number of benzene rings is 1. The van der Waals surface area contributed by atoms with Gasteiger partial charge in [0.05, 0.1) is 13.2 Å². The average molecular weight is 195 g/mol. The molecule has 0 atom stereocenters. The van der Waals surface area contributed by atoms with Crippen molar-refractivity contribution in [3.8, 4) is 0 Å². The summed E-state index contributed by atoms with van der Waals surface area (Å²) >= 11 is 0. The minimum Gasteiger partial charge on any atom is -0.380 e. The van der Waals surface area contributed by atoms with E-state index in [0.717, 1.165) is 6.54 Å². The van der Waals surface area contributed by atoms with E-state index in [-0.39, 0.29) is 0 Å². The van der Waals surface area contributed by atoms with E-state index in [0.29, 0.717) is 13.2 Å². The van der Waals surface area contributed by atoms with Crippen molar-refractivity contribution in [2.45, 2.75) is 20.1 Å². The molecule has 78 valence electrons. The van der Waals surface area contributed by atoms with Crippen LogP contribution < -0.4 is 5.48 Å². The Morgan fingerprint density at radius 3 is 2.79 bits per heavy atom. The molecule has 1 N–H and O–H groups in total. The van der Waals surface area contributed by atoms with Crippen molar-refractivity contribution >= 4 is 0 Å². The minimum absolute atomic E-state index is 0.655. The maximum absolute atomic E-state index is 5.06. The quantitative estimate of drug-likeness (QED) is 0.555. The first kappa shape index (κ1) is 11.2. The Morgan fingerprint density at radius 1 is 1.29 bits per heavy atom. The van der Waals surface area contributed by atoms with Crippen molar-refractivity contribution < 1.29 is 9.57 Å². The second kappa shape index (κ2) is 6.54. The first-order chi connectivity index (χ1) is 6.86. The second-order valence-corrected chi connectivity index (χ2v) is 3.01. The number of rotatable bonds is 6. The molecular weight excluding hydrogens is 178 g/mol. The van der Waals surface area contributed by atoms with Gasteiger partial charge in [-0.15, -0.1) is 0 Å². The van der Waals surface area contributed by atoms with Gasteiger partial charge in [0.1, 0.15) is 0 Å². The summed E-state index contributed by atoms with van der Waals surface area (Å²) in [7, 11) is 1.70. The van der Waals surface area contributed by atoms with Crippen molar-refractivity contribution in [1.82, 2.24) is 5.48 Å². The first-order valence-corrected chi connectivity index (χ1v) is 4.78. The third kappa shape index (κ3) is 3.87. The molecule has 0 heterocycles. The number of nitrogens with one attached hydrogen (secondary N) is 1. The van der Waals surface area contributed by atoms with Gasteiger partial charge in [-0.2, -0.15) is 5.48 Å². The maximum Gasteiger partial charge on any atom is 0.0713 e. The molecule has 0 aliphatic rings. The predicted octanol–water partition coefficient (Wildman–Crippen LogP) is 1.87. The van der Waals surface area contributed by atoms with Crippen molar-refractivity contribution in [2.75, 3.05) is 13.7 Å². The van der Waals surface area contributed by atoms with Gasteiger partial charge in [-0.3, -0.25) is 0 Å². The first-order valence-electron chi connectivity index (χ1n) is 4.78. The molecule has 0 amide bonds. The third-order valence-electron chi connectivity index (χ3n) is 1.83. The lowest BCUT2D eigenvalue weighted by atomic mass is 10.1. The highest BCUT2D eigenvalue weighted by molar-refractivity contribution is 5.22. The van der Waals surface area contributed by atoms with Crippen LogP contribution in [0.5, 0.6) is 0 Å². The molecule has 1 rings (SSSR count). The summed E-state index contributed by atoms with van der Waals surface area (Å²) in [4.78, 5) is 5.06. The van der Waals surface area contributed by atoms with Crippen molar-refractivity contribution in [3.63, 3.8) is 0 Å². The van der Waals surface area contributed by atoms with Crippen LogP contribution in [0.1, 0.15) is 18.1 Å². The highest BCUT2D eigenvalue weighted by Gasteiger charge is 1.95. The molecule has 0 saturated carbocycles. The van der Waals surface area contributed by atoms with Crippen LogP contribution in [0.4, 0.5) is 0 Å². The Balaban J connectivity index is 2.46. The van der Waals surface area contributed by atoms with E-state index in [4.69, 9.17) is 9.57 Å². The molecule has 14 heavy (non-hydrogen) atoms. The van der Waals surface area contributed by atoms with E-state index >= 15 is 0 Å². The second-order valence-electron chi connectivity index (χ2n) is 3.01. The Morgan fingerprint density at radius 2 is 2.07 bits per heavy atom. The Kier molecular flexibility index (Phi) is 5.22. The predicted molar refractivity (Wildman–Crippen MR) is 55.6 cm³/mol. The summed E-state index contributed by atoms with van der Waals surface area (Å²) in [5, 5.41) is 0. The Hall–Kier alpha value is -0.900. The zero-order chi connectivity index (χ0) is 10.2. The summed E-state index contributed by atoms with van der Waals surface area (Å²) in [6, 6.07) is 8.24. The minimum atomic E-state index is 0.655. The monoisotopic (exact) mass is 195 g/mol. The number of methoxy groups -OCH3 is 1. The lowest BCUT2D eigenvalue weighted by Crippen LogP contribution is -2.13. The molecule has 1 aromatic rings. The number of ether oxygens (including phenoxy) is 1. The van der Waals surface area contributed by atoms with E-state index in [2.05, 4.69) is 17.6 Å². The van der Waals surface area contributed by atoms with Crippen LogP contribution in [0.15, 0.2) is 24.3 Å². The van der Waals surface area contributed by atoms with E-state index in [9.17, 15) is 0 Å². The average Bonchev–Trinajstić information content (AvgIpc) is 2.19. The molecule has 0 spiro atoms. The Bertz CT molecular complexity index is 263. The molecule has 0 aromatic heterocycles. The largest absolute Gasteiger partial charge is 0.380 e. The molecule has 0 bridgehead atoms. The number of hydrogen-bond donors (Lipinski definition) is 1. The SMILES string of the molecule is CCONCc1cccc(COC)c1. The summed E-state index contributed by atoms with van der Waals surface area (Å²) < 4.78 is 5.06. The zero-order valence-electron chi connectivity index (χ0n) is 8.75. The van der Waals surface area contributed by atoms with Crippen LogP contribution in [-0.4, -0.2) is 13.7 Å². The smallest absolute Gasteiger partial charge is 0.0713 e. The number of hydroxylamine groups is 1. The van der Waals surface area contributed by atoms with Gasteiger partial charge >= 0.3 is 0 Å². The fourth-order valence-electron chi connectivity index (χ4n) is 1.23. The maximum atomic E-state index is 5.06. The van der Waals surface area contributed by atoms with E-state index in [1.165, 1.54) is 11.1 Å². The molecule has 0 aliphatic heterocycles. The van der Waals surface area contributed by atoms with Crippen LogP contribution in [0.3, 0.4) is 0 Å². The zero-order valence-corrected chi connectivity index (χ0v) is 8.75. The highest BCUT2D eigenvalue weighted by Crippen LogP contribution is 2.05. The van der Waals surface area contributed by atoms with Crippen LogP contribution in [0, 0.1) is 0 Å². The van der Waals surface area contributed by atoms with Crippen LogP contribution in [0.25, 0.3) is 0 Å². The van der Waals surface area contributed by atoms with Crippen molar-refractivity contribution in [1.29, 1.82) is 0 Å². The van der Waals surface area contributed by atoms with Crippen molar-refractivity contribution in [3.05, 3.63) is 35.4 Å². The van der Waals surface area contributed by atoms with Crippen molar-refractivity contribution in [2.24, 2.45) is 0 Å². The topological polar surface area (TPSA) is 30.5 Å². The molecule has 0 radical (unpaired) electrons. The fourth-order valence-corrected chi connectivity index (χ4v) is 1.23. The van der Waals surface area contributed by atoms with Gasteiger partial charge in [-0.25, -0.2) is 0 Å². The lowest BCUT2D eigenvalue weighted by molar-refractivity contribution is 0.0463. The van der Waals surface area contributed by atoms with Gasteiger partial charge in [0.15, 0.2) is 0 Å². The summed E-state index contributed by atoms with van der Waals surface area (Å²) in [6.07, 6.45) is 0. The van der Waals surface area contributed by atoms with Gasteiger partial charge in [0.25, 0.3) is 0 Å². The molecule has 3 heteroatoms. The molecule has 0 saturated heterocycles. The molecule has 3 nitrogen and oxygen atoms in total. The molecule has 0 fully saturated rings.